The number of aromatic nitrogens is 3. The van der Waals surface area contributed by atoms with Crippen molar-refractivity contribution in [1.82, 2.24) is 14.5 Å². The Balaban J connectivity index is 1.82. The van der Waals surface area contributed by atoms with Crippen molar-refractivity contribution >= 4 is 25.3 Å². The first-order valence-corrected chi connectivity index (χ1v) is 15.2. The number of hydrogen-bond acceptors (Lipinski definition) is 6. The summed E-state index contributed by atoms with van der Waals surface area (Å²) in [5, 5.41) is 3.46. The second-order valence-electron chi connectivity index (χ2n) is 10.0. The number of nitrogens with zero attached hydrogens (tertiary/aromatic N) is 4. The average Bonchev–Trinajstić information content (AvgIpc) is 3.55. The predicted molar refractivity (Wildman–Crippen MR) is 161 cm³/mol. The van der Waals surface area contributed by atoms with Crippen molar-refractivity contribution in [1.29, 1.82) is 0 Å². The van der Waals surface area contributed by atoms with E-state index < -0.39 is 34.4 Å². The quantitative estimate of drug-likeness (QED) is 0.0999. The lowest BCUT2D eigenvalue weighted by molar-refractivity contribution is -0.141. The Bertz CT molecular complexity index is 1970. The van der Waals surface area contributed by atoms with Crippen LogP contribution in [-0.4, -0.2) is 25.0 Å². The summed E-state index contributed by atoms with van der Waals surface area (Å²) in [7, 11) is 0.940. The molecule has 0 fully saturated rings. The zero-order valence-electron chi connectivity index (χ0n) is 23.7. The Hall–Kier alpha value is -4.16. The minimum Gasteiger partial charge on any atom is -0.440 e. The molecule has 45 heavy (non-hydrogen) atoms. The Morgan fingerprint density at radius 3 is 2.27 bits per heavy atom. The standard InChI is InChI=1S/C30H23F6N4O3PS/c1-15-38-26(30(34,35)36)14-40(15)23-9-8-17(18-11-24(44)21(13-37-41)25(12-18)45(3)42)10-20(23)28-27(39-16(2)43-28)19-6-4-5-7-22(19)29(31,32)33/h4-12,14H,13,44H2,1-3H3. The summed E-state index contributed by atoms with van der Waals surface area (Å²) in [6, 6.07) is 12.7. The van der Waals surface area contributed by atoms with Crippen LogP contribution in [0, 0.1) is 18.8 Å². The van der Waals surface area contributed by atoms with Gasteiger partial charge in [0.05, 0.1) is 22.1 Å². The van der Waals surface area contributed by atoms with E-state index in [2.05, 4.69) is 24.4 Å². The van der Waals surface area contributed by atoms with Crippen molar-refractivity contribution in [2.24, 2.45) is 5.18 Å². The largest absolute Gasteiger partial charge is 0.440 e. The third-order valence-corrected chi connectivity index (χ3v) is 8.50. The molecule has 0 bridgehead atoms. The topological polar surface area (TPSA) is 90.3 Å². The maximum Gasteiger partial charge on any atom is 0.434 e. The number of benzene rings is 3. The summed E-state index contributed by atoms with van der Waals surface area (Å²) in [5.41, 5.74) is -0.888. The number of alkyl halides is 6. The number of nitroso groups, excluding NO2 is 1. The van der Waals surface area contributed by atoms with Crippen LogP contribution in [-0.2, 0) is 29.7 Å². The first-order chi connectivity index (χ1) is 21.1. The lowest BCUT2D eigenvalue weighted by atomic mass is 9.96. The van der Waals surface area contributed by atoms with Gasteiger partial charge < -0.3 is 8.98 Å². The predicted octanol–water partition coefficient (Wildman–Crippen LogP) is 8.02. The minimum absolute atomic E-state index is 0.0216. The lowest BCUT2D eigenvalue weighted by Gasteiger charge is -2.16. The van der Waals surface area contributed by atoms with Crippen LogP contribution in [0.2, 0.25) is 0 Å². The van der Waals surface area contributed by atoms with Gasteiger partial charge in [-0.3, -0.25) is 4.21 Å². The summed E-state index contributed by atoms with van der Waals surface area (Å²) >= 11 is 0. The van der Waals surface area contributed by atoms with Gasteiger partial charge in [0, 0.05) is 41.0 Å². The van der Waals surface area contributed by atoms with Crippen LogP contribution in [0.4, 0.5) is 26.3 Å². The molecule has 0 saturated carbocycles. The van der Waals surface area contributed by atoms with Crippen molar-refractivity contribution in [3.05, 3.63) is 94.2 Å². The third kappa shape index (κ3) is 6.34. The Labute approximate surface area is 257 Å². The van der Waals surface area contributed by atoms with Crippen molar-refractivity contribution in [2.75, 3.05) is 6.26 Å². The van der Waals surface area contributed by atoms with Crippen LogP contribution in [0.25, 0.3) is 39.4 Å². The fraction of sp³-hybridized carbons (Fsp3) is 0.200. The molecule has 0 radical (unpaired) electrons. The Morgan fingerprint density at radius 1 is 0.933 bits per heavy atom. The second-order valence-corrected chi connectivity index (χ2v) is 12.0. The highest BCUT2D eigenvalue weighted by atomic mass is 32.2. The fourth-order valence-corrected chi connectivity index (χ4v) is 6.37. The number of oxazole rings is 1. The molecular formula is C30H23F6N4O3PS. The lowest BCUT2D eigenvalue weighted by Crippen LogP contribution is -2.08. The molecule has 0 aliphatic carbocycles. The first-order valence-electron chi connectivity index (χ1n) is 13.1. The number of imidazole rings is 1. The van der Waals surface area contributed by atoms with E-state index in [1.807, 2.05) is 0 Å². The van der Waals surface area contributed by atoms with E-state index in [0.717, 1.165) is 12.3 Å². The molecule has 5 aromatic rings. The Kier molecular flexibility index (Phi) is 8.58. The minimum atomic E-state index is -4.75. The molecule has 2 unspecified atom stereocenters. The molecular weight excluding hydrogens is 641 g/mol. The van der Waals surface area contributed by atoms with Crippen LogP contribution in [0.3, 0.4) is 0 Å². The summed E-state index contributed by atoms with van der Waals surface area (Å²) in [4.78, 5) is 19.3. The molecule has 0 N–H and O–H groups in total. The number of aryl methyl sites for hydroxylation is 2. The number of halogens is 6. The summed E-state index contributed by atoms with van der Waals surface area (Å²) < 4.78 is 103. The van der Waals surface area contributed by atoms with Crippen LogP contribution < -0.4 is 5.30 Å². The van der Waals surface area contributed by atoms with Crippen LogP contribution >= 0.6 is 9.24 Å². The van der Waals surface area contributed by atoms with Gasteiger partial charge in [-0.2, -0.15) is 31.2 Å². The van der Waals surface area contributed by atoms with Crippen molar-refractivity contribution < 1.29 is 35.0 Å². The van der Waals surface area contributed by atoms with Gasteiger partial charge in [-0.05, 0) is 53.7 Å². The summed E-state index contributed by atoms with van der Waals surface area (Å²) in [6.45, 7) is 2.58. The molecule has 3 aromatic carbocycles. The van der Waals surface area contributed by atoms with Gasteiger partial charge in [0.25, 0.3) is 0 Å². The van der Waals surface area contributed by atoms with Crippen LogP contribution in [0.5, 0.6) is 0 Å². The molecule has 0 spiro atoms. The summed E-state index contributed by atoms with van der Waals surface area (Å²) in [5.74, 6) is -0.130. The SMILES string of the molecule is Cc1nc(-c2ccccc2C(F)(F)F)c(-c2cc(-c3cc(P)c(CN=O)c(S(C)=O)c3)ccc2-n2cc(C(F)(F)F)nc2C)o1. The van der Waals surface area contributed by atoms with Gasteiger partial charge in [0.2, 0.25) is 0 Å². The molecule has 0 saturated heterocycles. The molecule has 0 aliphatic heterocycles. The van der Waals surface area contributed by atoms with E-state index in [-0.39, 0.29) is 46.5 Å². The third-order valence-electron chi connectivity index (χ3n) is 7.00. The zero-order chi connectivity index (χ0) is 32.8. The second kappa shape index (κ2) is 12.0. The summed E-state index contributed by atoms with van der Waals surface area (Å²) in [6.07, 6.45) is -7.27. The molecule has 15 heteroatoms. The van der Waals surface area contributed by atoms with Gasteiger partial charge in [0.15, 0.2) is 17.3 Å². The fourth-order valence-electron chi connectivity index (χ4n) is 5.01. The van der Waals surface area contributed by atoms with Crippen molar-refractivity contribution in [3.8, 4) is 39.4 Å². The van der Waals surface area contributed by atoms with Crippen molar-refractivity contribution in [3.63, 3.8) is 0 Å². The van der Waals surface area contributed by atoms with Gasteiger partial charge in [-0.1, -0.05) is 29.4 Å². The normalized spacial score (nSPS) is 12.8. The maximum absolute atomic E-state index is 14.1. The monoisotopic (exact) mass is 664 g/mol. The molecule has 2 aromatic heterocycles. The van der Waals surface area contributed by atoms with Gasteiger partial charge in [-0.15, -0.1) is 9.24 Å². The first kappa shape index (κ1) is 32.2. The van der Waals surface area contributed by atoms with E-state index in [1.54, 1.807) is 24.3 Å². The highest BCUT2D eigenvalue weighted by molar-refractivity contribution is 7.84. The van der Waals surface area contributed by atoms with E-state index >= 15 is 0 Å². The van der Waals surface area contributed by atoms with Gasteiger partial charge in [-0.25, -0.2) is 9.97 Å². The zero-order valence-corrected chi connectivity index (χ0v) is 25.7. The molecule has 5 rings (SSSR count). The molecule has 7 nitrogen and oxygen atoms in total. The molecule has 0 aliphatic rings. The highest BCUT2D eigenvalue weighted by Gasteiger charge is 2.37. The molecule has 2 heterocycles. The molecule has 2 atom stereocenters. The van der Waals surface area contributed by atoms with Gasteiger partial charge >= 0.3 is 12.4 Å². The van der Waals surface area contributed by atoms with E-state index in [1.165, 1.54) is 48.9 Å². The average molecular weight is 665 g/mol. The molecule has 0 amide bonds. The van der Waals surface area contributed by atoms with Gasteiger partial charge in [0.1, 0.15) is 18.1 Å². The molecule has 234 valence electrons. The Morgan fingerprint density at radius 2 is 1.64 bits per heavy atom. The number of hydrogen-bond donors (Lipinski definition) is 0. The highest BCUT2D eigenvalue weighted by Crippen LogP contribution is 2.43. The van der Waals surface area contributed by atoms with E-state index in [0.29, 0.717) is 26.9 Å². The number of rotatable bonds is 7. The van der Waals surface area contributed by atoms with E-state index in [9.17, 15) is 35.5 Å². The van der Waals surface area contributed by atoms with Crippen LogP contribution in [0.15, 0.2) is 75.3 Å². The van der Waals surface area contributed by atoms with E-state index in [4.69, 9.17) is 4.42 Å². The maximum atomic E-state index is 14.1. The van der Waals surface area contributed by atoms with Crippen LogP contribution in [0.1, 0.15) is 28.5 Å². The smallest absolute Gasteiger partial charge is 0.434 e. The van der Waals surface area contributed by atoms with Crippen molar-refractivity contribution in [2.45, 2.75) is 37.6 Å².